The molecule has 130 valence electrons. The van der Waals surface area contributed by atoms with Crippen LogP contribution < -0.4 is 10.1 Å². The van der Waals surface area contributed by atoms with Gasteiger partial charge in [0.2, 0.25) is 5.91 Å². The molecule has 2 bridgehead atoms. The van der Waals surface area contributed by atoms with E-state index in [4.69, 9.17) is 4.74 Å². The van der Waals surface area contributed by atoms with Crippen LogP contribution >= 0.6 is 0 Å². The van der Waals surface area contributed by atoms with Crippen LogP contribution in [0.1, 0.15) is 24.8 Å². The van der Waals surface area contributed by atoms with Gasteiger partial charge in [0.15, 0.2) is 0 Å². The molecule has 0 aromatic heterocycles. The number of ether oxygens (including phenoxy) is 1. The van der Waals surface area contributed by atoms with E-state index in [0.29, 0.717) is 13.1 Å². The third kappa shape index (κ3) is 3.04. The van der Waals surface area contributed by atoms with Gasteiger partial charge in [-0.2, -0.15) is 0 Å². The van der Waals surface area contributed by atoms with E-state index in [1.165, 1.54) is 19.3 Å². The summed E-state index contributed by atoms with van der Waals surface area (Å²) in [6.07, 6.45) is 5.15. The van der Waals surface area contributed by atoms with Gasteiger partial charge in [-0.3, -0.25) is 9.69 Å². The second-order valence-corrected chi connectivity index (χ2v) is 7.77. The topological polar surface area (TPSA) is 41.6 Å². The van der Waals surface area contributed by atoms with Crippen LogP contribution in [-0.2, 0) is 11.2 Å². The first-order chi connectivity index (χ1) is 11.7. The average Bonchev–Trinajstić information content (AvgIpc) is 3.28. The Labute approximate surface area is 144 Å². The molecule has 1 aromatic rings. The lowest BCUT2D eigenvalue weighted by Crippen LogP contribution is -2.37. The van der Waals surface area contributed by atoms with Crippen LogP contribution in [0.4, 0.5) is 0 Å². The van der Waals surface area contributed by atoms with Gasteiger partial charge in [0.25, 0.3) is 0 Å². The van der Waals surface area contributed by atoms with Gasteiger partial charge in [0.1, 0.15) is 5.75 Å². The van der Waals surface area contributed by atoms with Gasteiger partial charge < -0.3 is 10.1 Å². The Bertz CT molecular complexity index is 585. The summed E-state index contributed by atoms with van der Waals surface area (Å²) >= 11 is 0. The SMILES string of the molecule is COc1ccccc1CCNC(=O)CN1C[C@@H]2[C@@H]3CC[C@@H](C3)[C@@H]2C1. The molecular weight excluding hydrogens is 300 g/mol. The summed E-state index contributed by atoms with van der Waals surface area (Å²) in [5, 5.41) is 3.08. The van der Waals surface area contributed by atoms with Crippen molar-refractivity contribution in [2.45, 2.75) is 25.7 Å². The predicted molar refractivity (Wildman–Crippen MR) is 94.0 cm³/mol. The molecule has 0 spiro atoms. The molecule has 3 fully saturated rings. The number of fused-ring (bicyclic) bond motifs is 5. The normalized spacial score (nSPS) is 31.2. The number of hydrogen-bond acceptors (Lipinski definition) is 3. The first-order valence-electron chi connectivity index (χ1n) is 9.35. The maximum absolute atomic E-state index is 12.3. The minimum absolute atomic E-state index is 0.164. The first-order valence-corrected chi connectivity index (χ1v) is 9.35. The first kappa shape index (κ1) is 15.9. The number of hydrogen-bond donors (Lipinski definition) is 1. The smallest absolute Gasteiger partial charge is 0.234 e. The Morgan fingerprint density at radius 1 is 1.21 bits per heavy atom. The number of methoxy groups -OCH3 is 1. The van der Waals surface area contributed by atoms with Crippen LogP contribution in [0, 0.1) is 23.7 Å². The number of nitrogens with one attached hydrogen (secondary N) is 1. The third-order valence-electron chi connectivity index (χ3n) is 6.49. The zero-order chi connectivity index (χ0) is 16.5. The van der Waals surface area contributed by atoms with Crippen molar-refractivity contribution < 1.29 is 9.53 Å². The van der Waals surface area contributed by atoms with Gasteiger partial charge in [-0.1, -0.05) is 18.2 Å². The summed E-state index contributed by atoms with van der Waals surface area (Å²) < 4.78 is 5.36. The number of rotatable bonds is 6. The average molecular weight is 328 g/mol. The van der Waals surface area contributed by atoms with Crippen LogP contribution in [0.3, 0.4) is 0 Å². The van der Waals surface area contributed by atoms with E-state index in [0.717, 1.165) is 54.5 Å². The number of likely N-dealkylation sites (tertiary alicyclic amines) is 1. The van der Waals surface area contributed by atoms with Crippen LogP contribution in [0.25, 0.3) is 0 Å². The Kier molecular flexibility index (Phi) is 4.49. The molecule has 4 rings (SSSR count). The molecule has 4 atom stereocenters. The second-order valence-electron chi connectivity index (χ2n) is 7.77. The molecule has 2 aliphatic carbocycles. The summed E-state index contributed by atoms with van der Waals surface area (Å²) in [6.45, 7) is 3.53. The maximum Gasteiger partial charge on any atom is 0.234 e. The molecule has 0 unspecified atom stereocenters. The van der Waals surface area contributed by atoms with E-state index in [1.807, 2.05) is 18.2 Å². The van der Waals surface area contributed by atoms with Crippen molar-refractivity contribution in [2.24, 2.45) is 23.7 Å². The zero-order valence-electron chi connectivity index (χ0n) is 14.5. The van der Waals surface area contributed by atoms with Gasteiger partial charge in [-0.15, -0.1) is 0 Å². The summed E-state index contributed by atoms with van der Waals surface area (Å²) in [5.74, 6) is 4.74. The van der Waals surface area contributed by atoms with Crippen LogP contribution in [0.2, 0.25) is 0 Å². The molecule has 0 radical (unpaired) electrons. The number of para-hydroxylation sites is 1. The molecule has 1 amide bonds. The van der Waals surface area contributed by atoms with Crippen LogP contribution in [0.15, 0.2) is 24.3 Å². The van der Waals surface area contributed by atoms with Crippen molar-refractivity contribution in [2.75, 3.05) is 33.3 Å². The van der Waals surface area contributed by atoms with Crippen molar-refractivity contribution >= 4 is 5.91 Å². The molecule has 3 aliphatic rings. The Morgan fingerprint density at radius 3 is 2.62 bits per heavy atom. The maximum atomic E-state index is 12.3. The monoisotopic (exact) mass is 328 g/mol. The van der Waals surface area contributed by atoms with Crippen molar-refractivity contribution in [3.8, 4) is 5.75 Å². The summed E-state index contributed by atoms with van der Waals surface area (Å²) in [6, 6.07) is 8.01. The van der Waals surface area contributed by atoms with E-state index in [2.05, 4.69) is 16.3 Å². The summed E-state index contributed by atoms with van der Waals surface area (Å²) in [5.41, 5.74) is 1.15. The largest absolute Gasteiger partial charge is 0.496 e. The number of carbonyl (C=O) groups is 1. The highest BCUT2D eigenvalue weighted by Crippen LogP contribution is 2.54. The molecule has 4 heteroatoms. The highest BCUT2D eigenvalue weighted by atomic mass is 16.5. The Balaban J connectivity index is 1.22. The van der Waals surface area contributed by atoms with Crippen molar-refractivity contribution in [1.29, 1.82) is 0 Å². The molecule has 4 nitrogen and oxygen atoms in total. The third-order valence-corrected chi connectivity index (χ3v) is 6.49. The van der Waals surface area contributed by atoms with E-state index in [-0.39, 0.29) is 5.91 Å². The van der Waals surface area contributed by atoms with Gasteiger partial charge in [0, 0.05) is 19.6 Å². The molecule has 1 heterocycles. The van der Waals surface area contributed by atoms with Gasteiger partial charge in [0.05, 0.1) is 13.7 Å². The van der Waals surface area contributed by atoms with Crippen LogP contribution in [-0.4, -0.2) is 44.1 Å². The number of benzene rings is 1. The fourth-order valence-corrected chi connectivity index (χ4v) is 5.40. The van der Waals surface area contributed by atoms with Gasteiger partial charge >= 0.3 is 0 Å². The standard InChI is InChI=1S/C20H28N2O2/c1-24-19-5-3-2-4-14(19)8-9-21-20(23)13-22-11-17-15-6-7-16(10-15)18(17)12-22/h2-5,15-18H,6-13H2,1H3,(H,21,23)/t15-,16+,17-,18+. The van der Waals surface area contributed by atoms with Crippen molar-refractivity contribution in [3.05, 3.63) is 29.8 Å². The summed E-state index contributed by atoms with van der Waals surface area (Å²) in [4.78, 5) is 14.6. The molecule has 1 N–H and O–H groups in total. The molecule has 24 heavy (non-hydrogen) atoms. The quantitative estimate of drug-likeness (QED) is 0.871. The Hall–Kier alpha value is -1.55. The zero-order valence-corrected chi connectivity index (χ0v) is 14.5. The molecule has 2 saturated carbocycles. The fraction of sp³-hybridized carbons (Fsp3) is 0.650. The van der Waals surface area contributed by atoms with Crippen molar-refractivity contribution in [3.63, 3.8) is 0 Å². The number of nitrogens with zero attached hydrogens (tertiary/aromatic N) is 1. The van der Waals surface area contributed by atoms with Gasteiger partial charge in [-0.05, 0) is 61.0 Å². The molecule has 1 saturated heterocycles. The van der Waals surface area contributed by atoms with Crippen LogP contribution in [0.5, 0.6) is 5.75 Å². The molecule has 1 aromatic carbocycles. The predicted octanol–water partition coefficient (Wildman–Crippen LogP) is 2.33. The van der Waals surface area contributed by atoms with E-state index in [1.54, 1.807) is 7.11 Å². The molecular formula is C20H28N2O2. The Morgan fingerprint density at radius 2 is 1.92 bits per heavy atom. The minimum Gasteiger partial charge on any atom is -0.496 e. The second kappa shape index (κ2) is 6.75. The lowest BCUT2D eigenvalue weighted by molar-refractivity contribution is -0.122. The highest BCUT2D eigenvalue weighted by Gasteiger charge is 2.51. The minimum atomic E-state index is 0.164. The summed E-state index contributed by atoms with van der Waals surface area (Å²) in [7, 11) is 1.69. The fourth-order valence-electron chi connectivity index (χ4n) is 5.40. The highest BCUT2D eigenvalue weighted by molar-refractivity contribution is 5.78. The van der Waals surface area contributed by atoms with E-state index in [9.17, 15) is 4.79 Å². The van der Waals surface area contributed by atoms with E-state index >= 15 is 0 Å². The van der Waals surface area contributed by atoms with Crippen molar-refractivity contribution in [1.82, 2.24) is 10.2 Å². The lowest BCUT2D eigenvalue weighted by Gasteiger charge is -2.22. The number of amides is 1. The van der Waals surface area contributed by atoms with Gasteiger partial charge in [-0.25, -0.2) is 0 Å². The molecule has 1 aliphatic heterocycles. The lowest BCUT2D eigenvalue weighted by atomic mass is 9.82. The van der Waals surface area contributed by atoms with E-state index < -0.39 is 0 Å². The number of carbonyl (C=O) groups excluding carboxylic acids is 1.